The van der Waals surface area contributed by atoms with Gasteiger partial charge in [-0.3, -0.25) is 5.32 Å². The number of nitrogens with one attached hydrogen (secondary N) is 2. The third-order valence-corrected chi connectivity index (χ3v) is 3.85. The van der Waals surface area contributed by atoms with Crippen LogP contribution < -0.4 is 15.5 Å². The third kappa shape index (κ3) is 4.80. The molecule has 132 valence electrons. The van der Waals surface area contributed by atoms with Gasteiger partial charge >= 0.3 is 6.03 Å². The summed E-state index contributed by atoms with van der Waals surface area (Å²) in [5.74, 6) is 1.17. The van der Waals surface area contributed by atoms with Crippen LogP contribution in [0.3, 0.4) is 0 Å². The van der Waals surface area contributed by atoms with Crippen molar-refractivity contribution in [3.8, 4) is 0 Å². The van der Waals surface area contributed by atoms with Crippen molar-refractivity contribution in [2.75, 3.05) is 22.1 Å². The number of carbonyl (C=O) groups excluding carboxylic acids is 1. The fourth-order valence-electron chi connectivity index (χ4n) is 2.52. The Morgan fingerprint density at radius 1 is 0.885 bits per heavy atom. The molecule has 0 radical (unpaired) electrons. The maximum absolute atomic E-state index is 12.0. The molecule has 2 amide bonds. The van der Waals surface area contributed by atoms with Crippen molar-refractivity contribution < 1.29 is 4.79 Å². The van der Waals surface area contributed by atoms with E-state index in [0.717, 1.165) is 24.6 Å². The van der Waals surface area contributed by atoms with E-state index in [1.165, 1.54) is 5.56 Å². The van der Waals surface area contributed by atoms with Crippen LogP contribution in [0, 0.1) is 0 Å². The summed E-state index contributed by atoms with van der Waals surface area (Å²) < 4.78 is 0. The molecule has 0 atom stereocenters. The molecule has 1 aromatic heterocycles. The molecule has 0 aliphatic heterocycles. The summed E-state index contributed by atoms with van der Waals surface area (Å²) >= 11 is 0. The number of amides is 2. The van der Waals surface area contributed by atoms with Gasteiger partial charge in [0.15, 0.2) is 11.6 Å². The van der Waals surface area contributed by atoms with Crippen LogP contribution >= 0.6 is 0 Å². The Labute approximate surface area is 152 Å². The summed E-state index contributed by atoms with van der Waals surface area (Å²) in [6.45, 7) is 3.64. The van der Waals surface area contributed by atoms with E-state index in [1.54, 1.807) is 6.07 Å². The number of aromatic nitrogens is 2. The number of para-hydroxylation sites is 1. The normalized spacial score (nSPS) is 10.2. The molecule has 6 nitrogen and oxygen atoms in total. The topological polar surface area (TPSA) is 70.2 Å². The average Bonchev–Trinajstić information content (AvgIpc) is 2.68. The lowest BCUT2D eigenvalue weighted by Crippen LogP contribution is -2.24. The smallest absolute Gasteiger partial charge is 0.324 e. The fourth-order valence-corrected chi connectivity index (χ4v) is 2.52. The van der Waals surface area contributed by atoms with Gasteiger partial charge in [0.05, 0.1) is 0 Å². The van der Waals surface area contributed by atoms with Crippen LogP contribution in [0.5, 0.6) is 0 Å². The molecule has 0 aliphatic rings. The van der Waals surface area contributed by atoms with E-state index in [-0.39, 0.29) is 6.03 Å². The maximum atomic E-state index is 12.0. The van der Waals surface area contributed by atoms with Gasteiger partial charge in [0.25, 0.3) is 0 Å². The highest BCUT2D eigenvalue weighted by atomic mass is 16.2. The lowest BCUT2D eigenvalue weighted by atomic mass is 10.2. The van der Waals surface area contributed by atoms with Crippen LogP contribution in [0.25, 0.3) is 0 Å². The highest BCUT2D eigenvalue weighted by molar-refractivity contribution is 5.99. The molecule has 0 bridgehead atoms. The Balaban J connectivity index is 1.61. The van der Waals surface area contributed by atoms with Crippen LogP contribution in [-0.2, 0) is 6.54 Å². The molecule has 6 heteroatoms. The molecule has 1 heterocycles. The third-order valence-electron chi connectivity index (χ3n) is 3.85. The summed E-state index contributed by atoms with van der Waals surface area (Å²) in [4.78, 5) is 14.1. The van der Waals surface area contributed by atoms with E-state index in [9.17, 15) is 4.79 Å². The predicted octanol–water partition coefficient (Wildman–Crippen LogP) is 4.15. The molecule has 2 N–H and O–H groups in total. The van der Waals surface area contributed by atoms with E-state index < -0.39 is 0 Å². The summed E-state index contributed by atoms with van der Waals surface area (Å²) in [5, 5.41) is 13.8. The van der Waals surface area contributed by atoms with Gasteiger partial charge in [0.1, 0.15) is 0 Å². The molecule has 0 unspecified atom stereocenters. The SMILES string of the molecule is CCN(Cc1ccccc1)c1ccc(NC(=O)Nc2ccccc2)nn1. The molecule has 3 aromatic rings. The fraction of sp³-hybridized carbons (Fsp3) is 0.150. The Hall–Kier alpha value is -3.41. The van der Waals surface area contributed by atoms with Crippen LogP contribution in [0.2, 0.25) is 0 Å². The second-order valence-corrected chi connectivity index (χ2v) is 5.72. The molecule has 3 rings (SSSR count). The van der Waals surface area contributed by atoms with Crippen molar-refractivity contribution in [3.63, 3.8) is 0 Å². The van der Waals surface area contributed by atoms with Gasteiger partial charge in [-0.25, -0.2) is 4.79 Å². The van der Waals surface area contributed by atoms with E-state index in [4.69, 9.17) is 0 Å². The molecular weight excluding hydrogens is 326 g/mol. The Kier molecular flexibility index (Phi) is 5.77. The van der Waals surface area contributed by atoms with Crippen molar-refractivity contribution in [3.05, 3.63) is 78.4 Å². The first-order valence-electron chi connectivity index (χ1n) is 8.50. The minimum atomic E-state index is -0.352. The van der Waals surface area contributed by atoms with Gasteiger partial charge in [0, 0.05) is 18.8 Å². The number of nitrogens with zero attached hydrogens (tertiary/aromatic N) is 3. The first-order chi connectivity index (χ1) is 12.7. The van der Waals surface area contributed by atoms with Crippen molar-refractivity contribution >= 4 is 23.4 Å². The van der Waals surface area contributed by atoms with Gasteiger partial charge in [-0.1, -0.05) is 48.5 Å². The number of urea groups is 1. The second kappa shape index (κ2) is 8.62. The lowest BCUT2D eigenvalue weighted by molar-refractivity contribution is 0.262. The Morgan fingerprint density at radius 3 is 2.19 bits per heavy atom. The van der Waals surface area contributed by atoms with Gasteiger partial charge in [-0.05, 0) is 36.8 Å². The highest BCUT2D eigenvalue weighted by Gasteiger charge is 2.09. The molecule has 26 heavy (non-hydrogen) atoms. The standard InChI is InChI=1S/C20H21N5O/c1-2-25(15-16-9-5-3-6-10-16)19-14-13-18(23-24-19)22-20(26)21-17-11-7-4-8-12-17/h3-14H,2,15H2,1H3,(H2,21,22,23,26). The van der Waals surface area contributed by atoms with Crippen LogP contribution in [0.1, 0.15) is 12.5 Å². The molecule has 2 aromatic carbocycles. The van der Waals surface area contributed by atoms with Crippen molar-refractivity contribution in [1.29, 1.82) is 0 Å². The van der Waals surface area contributed by atoms with Crippen molar-refractivity contribution in [2.24, 2.45) is 0 Å². The minimum absolute atomic E-state index is 0.352. The van der Waals surface area contributed by atoms with Crippen molar-refractivity contribution in [2.45, 2.75) is 13.5 Å². The zero-order valence-corrected chi connectivity index (χ0v) is 14.6. The first-order valence-corrected chi connectivity index (χ1v) is 8.50. The van der Waals surface area contributed by atoms with E-state index >= 15 is 0 Å². The predicted molar refractivity (Wildman–Crippen MR) is 104 cm³/mol. The summed E-state index contributed by atoms with van der Waals surface area (Å²) in [5.41, 5.74) is 1.93. The first kappa shape index (κ1) is 17.4. The van der Waals surface area contributed by atoms with Gasteiger partial charge in [0.2, 0.25) is 0 Å². The molecule has 0 saturated carbocycles. The van der Waals surface area contributed by atoms with Gasteiger partial charge in [-0.2, -0.15) is 0 Å². The average molecular weight is 347 g/mol. The zero-order valence-electron chi connectivity index (χ0n) is 14.6. The quantitative estimate of drug-likeness (QED) is 0.703. The number of hydrogen-bond acceptors (Lipinski definition) is 4. The maximum Gasteiger partial charge on any atom is 0.324 e. The number of anilines is 3. The lowest BCUT2D eigenvalue weighted by Gasteiger charge is -2.21. The molecule has 0 fully saturated rings. The number of hydrogen-bond donors (Lipinski definition) is 2. The molecule has 0 aliphatic carbocycles. The summed E-state index contributed by atoms with van der Waals surface area (Å²) in [7, 11) is 0. The molecular formula is C20H21N5O. The van der Waals surface area contributed by atoms with Crippen LogP contribution in [0.4, 0.5) is 22.1 Å². The van der Waals surface area contributed by atoms with E-state index in [2.05, 4.69) is 44.8 Å². The van der Waals surface area contributed by atoms with Crippen LogP contribution in [0.15, 0.2) is 72.8 Å². The number of rotatable bonds is 6. The number of benzene rings is 2. The summed E-state index contributed by atoms with van der Waals surface area (Å²) in [6.07, 6.45) is 0. The number of carbonyl (C=O) groups is 1. The van der Waals surface area contributed by atoms with E-state index in [0.29, 0.717) is 5.82 Å². The largest absolute Gasteiger partial charge is 0.351 e. The summed E-state index contributed by atoms with van der Waals surface area (Å²) in [6, 6.07) is 22.7. The monoisotopic (exact) mass is 347 g/mol. The zero-order chi connectivity index (χ0) is 18.2. The van der Waals surface area contributed by atoms with E-state index in [1.807, 2.05) is 54.6 Å². The van der Waals surface area contributed by atoms with Gasteiger partial charge in [-0.15, -0.1) is 10.2 Å². The van der Waals surface area contributed by atoms with Gasteiger partial charge < -0.3 is 10.2 Å². The minimum Gasteiger partial charge on any atom is -0.351 e. The Morgan fingerprint density at radius 2 is 1.58 bits per heavy atom. The Bertz CT molecular complexity index is 822. The van der Waals surface area contributed by atoms with Crippen molar-refractivity contribution in [1.82, 2.24) is 10.2 Å². The molecule has 0 spiro atoms. The second-order valence-electron chi connectivity index (χ2n) is 5.72. The van der Waals surface area contributed by atoms with Crippen LogP contribution in [-0.4, -0.2) is 22.8 Å². The molecule has 0 saturated heterocycles. The highest BCUT2D eigenvalue weighted by Crippen LogP contribution is 2.15.